The summed E-state index contributed by atoms with van der Waals surface area (Å²) in [5.74, 6) is 0. The van der Waals surface area contributed by atoms with Gasteiger partial charge in [-0.05, 0) is 24.3 Å². The third-order valence-corrected chi connectivity index (χ3v) is 3.80. The highest BCUT2D eigenvalue weighted by Crippen LogP contribution is 2.33. The standard InChI is InChI=1S/C19H12N2/c1-20-14-11-12-17-16-9-5-6-10-18(16)21(19(17)13-14)15-7-3-2-4-8-15/h2-13H. The van der Waals surface area contributed by atoms with Crippen LogP contribution < -0.4 is 0 Å². The van der Waals surface area contributed by atoms with Gasteiger partial charge in [0.1, 0.15) is 0 Å². The van der Waals surface area contributed by atoms with Crippen molar-refractivity contribution in [2.45, 2.75) is 0 Å². The topological polar surface area (TPSA) is 9.29 Å². The number of aromatic nitrogens is 1. The number of benzene rings is 3. The Morgan fingerprint density at radius 2 is 1.43 bits per heavy atom. The van der Waals surface area contributed by atoms with Gasteiger partial charge in [-0.3, -0.25) is 0 Å². The van der Waals surface area contributed by atoms with E-state index in [9.17, 15) is 0 Å². The lowest BCUT2D eigenvalue weighted by Crippen LogP contribution is -1.92. The van der Waals surface area contributed by atoms with Crippen LogP contribution in [0.15, 0.2) is 72.8 Å². The summed E-state index contributed by atoms with van der Waals surface area (Å²) in [7, 11) is 0. The third kappa shape index (κ3) is 1.72. The molecule has 2 heteroatoms. The Labute approximate surface area is 122 Å². The quantitative estimate of drug-likeness (QED) is 0.412. The van der Waals surface area contributed by atoms with Crippen LogP contribution in [0.5, 0.6) is 0 Å². The molecule has 0 unspecified atom stereocenters. The fraction of sp³-hybridized carbons (Fsp3) is 0. The smallest absolute Gasteiger partial charge is 0.189 e. The number of rotatable bonds is 1. The molecule has 21 heavy (non-hydrogen) atoms. The summed E-state index contributed by atoms with van der Waals surface area (Å²) < 4.78 is 2.22. The van der Waals surface area contributed by atoms with Gasteiger partial charge in [-0.15, -0.1) is 0 Å². The van der Waals surface area contributed by atoms with Crippen LogP contribution >= 0.6 is 0 Å². The van der Waals surface area contributed by atoms with Gasteiger partial charge in [0.05, 0.1) is 12.1 Å². The fourth-order valence-corrected chi connectivity index (χ4v) is 2.88. The molecule has 4 aromatic rings. The molecule has 98 valence electrons. The van der Waals surface area contributed by atoms with Gasteiger partial charge in [0, 0.05) is 22.0 Å². The first-order valence-electron chi connectivity index (χ1n) is 6.84. The molecule has 0 N–H and O–H groups in total. The summed E-state index contributed by atoms with van der Waals surface area (Å²) in [5, 5.41) is 2.40. The predicted octanol–water partition coefficient (Wildman–Crippen LogP) is 5.33. The Morgan fingerprint density at radius 3 is 2.24 bits per heavy atom. The molecule has 3 aromatic carbocycles. The zero-order valence-corrected chi connectivity index (χ0v) is 11.3. The minimum Gasteiger partial charge on any atom is -0.311 e. The molecule has 0 saturated carbocycles. The van der Waals surface area contributed by atoms with E-state index in [0.717, 1.165) is 11.2 Å². The summed E-state index contributed by atoms with van der Waals surface area (Å²) in [4.78, 5) is 3.56. The summed E-state index contributed by atoms with van der Waals surface area (Å²) in [6.45, 7) is 7.24. The molecule has 0 radical (unpaired) electrons. The van der Waals surface area contributed by atoms with Crippen molar-refractivity contribution >= 4 is 27.5 Å². The average molecular weight is 268 g/mol. The number of nitrogens with zero attached hydrogens (tertiary/aromatic N) is 2. The van der Waals surface area contributed by atoms with E-state index in [-0.39, 0.29) is 0 Å². The van der Waals surface area contributed by atoms with Crippen LogP contribution in [0.2, 0.25) is 0 Å². The maximum absolute atomic E-state index is 7.24. The van der Waals surface area contributed by atoms with Crippen molar-refractivity contribution in [3.63, 3.8) is 0 Å². The van der Waals surface area contributed by atoms with Crippen molar-refractivity contribution in [1.82, 2.24) is 4.57 Å². The van der Waals surface area contributed by atoms with Crippen LogP contribution in [-0.2, 0) is 0 Å². The van der Waals surface area contributed by atoms with E-state index in [2.05, 4.69) is 45.8 Å². The van der Waals surface area contributed by atoms with Gasteiger partial charge in [0.2, 0.25) is 0 Å². The van der Waals surface area contributed by atoms with E-state index in [4.69, 9.17) is 6.57 Å². The van der Waals surface area contributed by atoms with Crippen molar-refractivity contribution < 1.29 is 0 Å². The van der Waals surface area contributed by atoms with E-state index in [1.165, 1.54) is 16.3 Å². The second-order valence-electron chi connectivity index (χ2n) is 5.00. The van der Waals surface area contributed by atoms with Crippen molar-refractivity contribution in [3.05, 3.63) is 84.2 Å². The molecule has 2 nitrogen and oxygen atoms in total. The number of para-hydroxylation sites is 2. The summed E-state index contributed by atoms with van der Waals surface area (Å²) in [5.41, 5.74) is 4.03. The number of hydrogen-bond acceptors (Lipinski definition) is 0. The van der Waals surface area contributed by atoms with Crippen molar-refractivity contribution in [2.75, 3.05) is 0 Å². The largest absolute Gasteiger partial charge is 0.311 e. The monoisotopic (exact) mass is 268 g/mol. The zero-order valence-electron chi connectivity index (χ0n) is 11.3. The highest BCUT2D eigenvalue weighted by molar-refractivity contribution is 6.10. The zero-order chi connectivity index (χ0) is 14.2. The maximum Gasteiger partial charge on any atom is 0.189 e. The molecule has 0 bridgehead atoms. The predicted molar refractivity (Wildman–Crippen MR) is 87.0 cm³/mol. The minimum absolute atomic E-state index is 0.669. The van der Waals surface area contributed by atoms with Gasteiger partial charge in [0.15, 0.2) is 5.69 Å². The van der Waals surface area contributed by atoms with E-state index in [1.807, 2.05) is 36.4 Å². The van der Waals surface area contributed by atoms with Crippen molar-refractivity contribution in [1.29, 1.82) is 0 Å². The lowest BCUT2D eigenvalue weighted by Gasteiger charge is -2.07. The first-order valence-corrected chi connectivity index (χ1v) is 6.84. The molecule has 0 fully saturated rings. The Kier molecular flexibility index (Phi) is 2.52. The van der Waals surface area contributed by atoms with Gasteiger partial charge in [0.25, 0.3) is 0 Å². The third-order valence-electron chi connectivity index (χ3n) is 3.80. The fourth-order valence-electron chi connectivity index (χ4n) is 2.88. The van der Waals surface area contributed by atoms with Crippen LogP contribution in [0.4, 0.5) is 5.69 Å². The number of fused-ring (bicyclic) bond motifs is 3. The molecule has 4 rings (SSSR count). The van der Waals surface area contributed by atoms with Crippen LogP contribution in [0.1, 0.15) is 0 Å². The average Bonchev–Trinajstić information content (AvgIpc) is 2.89. The Morgan fingerprint density at radius 1 is 0.714 bits per heavy atom. The van der Waals surface area contributed by atoms with Crippen molar-refractivity contribution in [2.24, 2.45) is 0 Å². The molecule has 0 spiro atoms. The number of hydrogen-bond donors (Lipinski definition) is 0. The van der Waals surface area contributed by atoms with Crippen LogP contribution in [-0.4, -0.2) is 4.57 Å². The Bertz CT molecular complexity index is 989. The Balaban J connectivity index is 2.22. The lowest BCUT2D eigenvalue weighted by molar-refractivity contribution is 1.18. The summed E-state index contributed by atoms with van der Waals surface area (Å²) >= 11 is 0. The van der Waals surface area contributed by atoms with Crippen LogP contribution in [0.25, 0.3) is 32.3 Å². The van der Waals surface area contributed by atoms with Gasteiger partial charge in [-0.1, -0.05) is 48.5 Å². The van der Waals surface area contributed by atoms with E-state index >= 15 is 0 Å². The van der Waals surface area contributed by atoms with Crippen LogP contribution in [0.3, 0.4) is 0 Å². The normalized spacial score (nSPS) is 10.8. The molecule has 0 aliphatic carbocycles. The van der Waals surface area contributed by atoms with Gasteiger partial charge in [-0.2, -0.15) is 0 Å². The molecule has 0 atom stereocenters. The Hall–Kier alpha value is -3.05. The first-order chi connectivity index (χ1) is 10.4. The molecule has 1 heterocycles. The lowest BCUT2D eigenvalue weighted by atomic mass is 10.1. The second-order valence-corrected chi connectivity index (χ2v) is 5.00. The molecule has 1 aromatic heterocycles. The highest BCUT2D eigenvalue weighted by Gasteiger charge is 2.11. The van der Waals surface area contributed by atoms with Crippen molar-refractivity contribution in [3.8, 4) is 5.69 Å². The SMILES string of the molecule is [C-]#[N+]c1ccc2c3ccccc3n(-c3ccccc3)c2c1. The van der Waals surface area contributed by atoms with Gasteiger partial charge in [-0.25, -0.2) is 4.85 Å². The first kappa shape index (κ1) is 11.7. The molecule has 0 aliphatic heterocycles. The molecular formula is C19H12N2. The molecule has 0 amide bonds. The highest BCUT2D eigenvalue weighted by atomic mass is 15.0. The van der Waals surface area contributed by atoms with Gasteiger partial charge >= 0.3 is 0 Å². The van der Waals surface area contributed by atoms with Crippen LogP contribution in [0, 0.1) is 6.57 Å². The minimum atomic E-state index is 0.669. The molecule has 0 aliphatic rings. The molecule has 0 saturated heterocycles. The molecular weight excluding hydrogens is 256 g/mol. The van der Waals surface area contributed by atoms with E-state index in [0.29, 0.717) is 5.69 Å². The second kappa shape index (κ2) is 4.50. The summed E-state index contributed by atoms with van der Waals surface area (Å²) in [6, 6.07) is 24.5. The maximum atomic E-state index is 7.24. The van der Waals surface area contributed by atoms with E-state index < -0.39 is 0 Å². The van der Waals surface area contributed by atoms with Gasteiger partial charge < -0.3 is 4.57 Å². The van der Waals surface area contributed by atoms with E-state index in [1.54, 1.807) is 0 Å². The summed E-state index contributed by atoms with van der Waals surface area (Å²) in [6.07, 6.45) is 0.